The summed E-state index contributed by atoms with van der Waals surface area (Å²) in [4.78, 5) is 61.9. The standard InChI is InChI=1S/C20H34N4O7/c1-10(2)8-12(21)19(29)24-7-5-6-14(24)18(28)22-13(9-15(25)26)17(27)23-16(11(3)4)20(30)31/h10-14,16H,5-9,21H2,1-4H3,(H,22,28)(H,23,27)(H,25,26)(H,30,31). The summed E-state index contributed by atoms with van der Waals surface area (Å²) in [6.07, 6.45) is 0.661. The number of likely N-dealkylation sites (tertiary alicyclic amines) is 1. The number of hydrogen-bond donors (Lipinski definition) is 5. The Bertz CT molecular complexity index is 695. The zero-order valence-corrected chi connectivity index (χ0v) is 18.5. The van der Waals surface area contributed by atoms with Crippen LogP contribution in [0.3, 0.4) is 0 Å². The summed E-state index contributed by atoms with van der Waals surface area (Å²) >= 11 is 0. The van der Waals surface area contributed by atoms with E-state index in [-0.39, 0.29) is 11.8 Å². The lowest BCUT2D eigenvalue weighted by Crippen LogP contribution is -2.57. The minimum absolute atomic E-state index is 0.195. The number of hydrogen-bond acceptors (Lipinski definition) is 6. The lowest BCUT2D eigenvalue weighted by molar-refractivity contribution is -0.145. The maximum Gasteiger partial charge on any atom is 0.326 e. The Balaban J connectivity index is 2.92. The Kier molecular flexibility index (Phi) is 9.89. The first-order valence-electron chi connectivity index (χ1n) is 10.5. The van der Waals surface area contributed by atoms with Crippen LogP contribution in [0.1, 0.15) is 53.4 Å². The third kappa shape index (κ3) is 7.82. The Morgan fingerprint density at radius 1 is 1.06 bits per heavy atom. The number of carbonyl (C=O) groups is 5. The van der Waals surface area contributed by atoms with Gasteiger partial charge in [-0.05, 0) is 31.1 Å². The molecular weight excluding hydrogens is 408 g/mol. The number of carboxylic acids is 2. The van der Waals surface area contributed by atoms with Gasteiger partial charge >= 0.3 is 11.9 Å². The number of nitrogens with one attached hydrogen (secondary N) is 2. The van der Waals surface area contributed by atoms with Gasteiger partial charge in [0.05, 0.1) is 12.5 Å². The molecule has 0 aromatic carbocycles. The number of nitrogens with two attached hydrogens (primary N) is 1. The van der Waals surface area contributed by atoms with Crippen LogP contribution in [0.4, 0.5) is 0 Å². The highest BCUT2D eigenvalue weighted by Crippen LogP contribution is 2.20. The maximum atomic E-state index is 12.8. The van der Waals surface area contributed by atoms with Gasteiger partial charge in [-0.25, -0.2) is 4.79 Å². The van der Waals surface area contributed by atoms with E-state index in [2.05, 4.69) is 10.6 Å². The van der Waals surface area contributed by atoms with Gasteiger partial charge in [-0.2, -0.15) is 0 Å². The number of nitrogens with zero attached hydrogens (tertiary/aromatic N) is 1. The van der Waals surface area contributed by atoms with Crippen molar-refractivity contribution in [1.82, 2.24) is 15.5 Å². The van der Waals surface area contributed by atoms with Crippen LogP contribution in [0.2, 0.25) is 0 Å². The monoisotopic (exact) mass is 442 g/mol. The van der Waals surface area contributed by atoms with Crippen molar-refractivity contribution < 1.29 is 34.2 Å². The van der Waals surface area contributed by atoms with Crippen LogP contribution in [0.25, 0.3) is 0 Å². The molecule has 1 aliphatic heterocycles. The van der Waals surface area contributed by atoms with Gasteiger partial charge < -0.3 is 31.5 Å². The number of aliphatic carboxylic acids is 2. The first kappa shape index (κ1) is 26.3. The molecule has 1 rings (SSSR count). The maximum absolute atomic E-state index is 12.8. The van der Waals surface area contributed by atoms with Crippen molar-refractivity contribution in [1.29, 1.82) is 0 Å². The number of amides is 3. The minimum Gasteiger partial charge on any atom is -0.481 e. The van der Waals surface area contributed by atoms with E-state index in [1.165, 1.54) is 4.90 Å². The van der Waals surface area contributed by atoms with E-state index in [4.69, 9.17) is 10.8 Å². The normalized spacial score (nSPS) is 19.1. The van der Waals surface area contributed by atoms with Gasteiger partial charge in [-0.3, -0.25) is 19.2 Å². The molecule has 0 bridgehead atoms. The fourth-order valence-electron chi connectivity index (χ4n) is 3.54. The van der Waals surface area contributed by atoms with E-state index in [9.17, 15) is 29.1 Å². The Hall–Kier alpha value is -2.69. The molecular formula is C20H34N4O7. The Morgan fingerprint density at radius 3 is 2.16 bits per heavy atom. The third-order valence-electron chi connectivity index (χ3n) is 5.12. The van der Waals surface area contributed by atoms with Gasteiger partial charge in [0, 0.05) is 6.54 Å². The van der Waals surface area contributed by atoms with Crippen LogP contribution in [0, 0.1) is 11.8 Å². The third-order valence-corrected chi connectivity index (χ3v) is 5.12. The van der Waals surface area contributed by atoms with Crippen LogP contribution < -0.4 is 16.4 Å². The first-order valence-corrected chi connectivity index (χ1v) is 10.5. The van der Waals surface area contributed by atoms with Crippen molar-refractivity contribution in [3.63, 3.8) is 0 Å². The highest BCUT2D eigenvalue weighted by Gasteiger charge is 2.38. The molecule has 176 valence electrons. The van der Waals surface area contributed by atoms with E-state index in [0.29, 0.717) is 25.8 Å². The molecule has 1 fully saturated rings. The van der Waals surface area contributed by atoms with E-state index < -0.39 is 60.3 Å². The average Bonchev–Trinajstić information content (AvgIpc) is 3.12. The highest BCUT2D eigenvalue weighted by atomic mass is 16.4. The van der Waals surface area contributed by atoms with Crippen molar-refractivity contribution >= 4 is 29.7 Å². The SMILES string of the molecule is CC(C)CC(N)C(=O)N1CCCC1C(=O)NC(CC(=O)O)C(=O)NC(C(=O)O)C(C)C. The van der Waals surface area contributed by atoms with Crippen LogP contribution in [-0.4, -0.2) is 75.5 Å². The second-order valence-electron chi connectivity index (χ2n) is 8.65. The summed E-state index contributed by atoms with van der Waals surface area (Å²) in [6, 6.07) is -4.34. The van der Waals surface area contributed by atoms with Crippen molar-refractivity contribution in [3.05, 3.63) is 0 Å². The molecule has 4 atom stereocenters. The van der Waals surface area contributed by atoms with Crippen LogP contribution in [0.15, 0.2) is 0 Å². The topological polar surface area (TPSA) is 179 Å². The molecule has 0 aromatic heterocycles. The van der Waals surface area contributed by atoms with Gasteiger partial charge in [0.15, 0.2) is 0 Å². The molecule has 11 nitrogen and oxygen atoms in total. The predicted molar refractivity (Wildman–Crippen MR) is 111 cm³/mol. The van der Waals surface area contributed by atoms with Gasteiger partial charge in [0.1, 0.15) is 18.1 Å². The molecule has 0 spiro atoms. The van der Waals surface area contributed by atoms with Gasteiger partial charge in [-0.15, -0.1) is 0 Å². The highest BCUT2D eigenvalue weighted by molar-refractivity contribution is 5.95. The predicted octanol–water partition coefficient (Wildman–Crippen LogP) is -0.464. The van der Waals surface area contributed by atoms with Gasteiger partial charge in [0.25, 0.3) is 0 Å². The number of carbonyl (C=O) groups excluding carboxylic acids is 3. The Morgan fingerprint density at radius 2 is 1.68 bits per heavy atom. The summed E-state index contributed by atoms with van der Waals surface area (Å²) in [5.74, 6) is -4.81. The van der Waals surface area contributed by atoms with Gasteiger partial charge in [0.2, 0.25) is 17.7 Å². The fraction of sp³-hybridized carbons (Fsp3) is 0.750. The van der Waals surface area contributed by atoms with Crippen molar-refractivity contribution in [2.24, 2.45) is 17.6 Å². The quantitative estimate of drug-likeness (QED) is 0.285. The molecule has 0 saturated carbocycles. The molecule has 0 radical (unpaired) electrons. The van der Waals surface area contributed by atoms with E-state index in [0.717, 1.165) is 0 Å². The minimum atomic E-state index is -1.48. The van der Waals surface area contributed by atoms with E-state index in [1.54, 1.807) is 13.8 Å². The lowest BCUT2D eigenvalue weighted by Gasteiger charge is -2.29. The summed E-state index contributed by atoms with van der Waals surface area (Å²) in [5, 5.41) is 23.0. The van der Waals surface area contributed by atoms with E-state index >= 15 is 0 Å². The molecule has 1 heterocycles. The molecule has 6 N–H and O–H groups in total. The smallest absolute Gasteiger partial charge is 0.326 e. The lowest BCUT2D eigenvalue weighted by atomic mass is 10.0. The summed E-state index contributed by atoms with van der Waals surface area (Å²) < 4.78 is 0. The summed E-state index contributed by atoms with van der Waals surface area (Å²) in [7, 11) is 0. The van der Waals surface area contributed by atoms with Crippen molar-refractivity contribution in [2.75, 3.05) is 6.54 Å². The molecule has 0 aliphatic carbocycles. The second kappa shape index (κ2) is 11.6. The largest absolute Gasteiger partial charge is 0.481 e. The molecule has 1 saturated heterocycles. The van der Waals surface area contributed by atoms with Crippen molar-refractivity contribution in [2.45, 2.75) is 77.5 Å². The van der Waals surface area contributed by atoms with Crippen LogP contribution in [0.5, 0.6) is 0 Å². The summed E-state index contributed by atoms with van der Waals surface area (Å²) in [6.45, 7) is 7.38. The Labute approximate surface area is 181 Å². The zero-order chi connectivity index (χ0) is 23.9. The molecule has 4 unspecified atom stereocenters. The van der Waals surface area contributed by atoms with E-state index in [1.807, 2.05) is 13.8 Å². The summed E-state index contributed by atoms with van der Waals surface area (Å²) in [5.41, 5.74) is 5.97. The molecule has 0 aromatic rings. The van der Waals surface area contributed by atoms with Crippen LogP contribution >= 0.6 is 0 Å². The first-order chi connectivity index (χ1) is 14.3. The zero-order valence-electron chi connectivity index (χ0n) is 18.5. The molecule has 11 heteroatoms. The number of rotatable bonds is 11. The number of carboxylic acid groups (broad SMARTS) is 2. The average molecular weight is 443 g/mol. The van der Waals surface area contributed by atoms with Crippen molar-refractivity contribution in [3.8, 4) is 0 Å². The molecule has 3 amide bonds. The van der Waals surface area contributed by atoms with Crippen LogP contribution in [-0.2, 0) is 24.0 Å². The fourth-order valence-corrected chi connectivity index (χ4v) is 3.54. The second-order valence-corrected chi connectivity index (χ2v) is 8.65. The molecule has 1 aliphatic rings. The molecule has 31 heavy (non-hydrogen) atoms. The van der Waals surface area contributed by atoms with Gasteiger partial charge in [-0.1, -0.05) is 27.7 Å².